The molecule has 190 valence electrons. The zero-order valence-corrected chi connectivity index (χ0v) is 22.0. The van der Waals surface area contributed by atoms with E-state index in [1.54, 1.807) is 30.5 Å². The summed E-state index contributed by atoms with van der Waals surface area (Å²) in [7, 11) is 0. The number of benzene rings is 2. The maximum Gasteiger partial charge on any atom is 0.252 e. The molecular formula is C27H33ClN6O2. The van der Waals surface area contributed by atoms with Gasteiger partial charge >= 0.3 is 0 Å². The van der Waals surface area contributed by atoms with Gasteiger partial charge in [0, 0.05) is 35.6 Å². The number of ether oxygens (including phenoxy) is 1. The minimum Gasteiger partial charge on any atom is -0.378 e. The number of nitrogens with one attached hydrogen (secondary N) is 2. The lowest BCUT2D eigenvalue weighted by Gasteiger charge is -2.28. The molecule has 2 N–H and O–H groups in total. The van der Waals surface area contributed by atoms with Crippen molar-refractivity contribution in [2.24, 2.45) is 0 Å². The number of carbonyl (C=O) groups is 1. The summed E-state index contributed by atoms with van der Waals surface area (Å²) in [5.74, 6) is 0.106. The zero-order valence-electron chi connectivity index (χ0n) is 21.2. The first-order valence-electron chi connectivity index (χ1n) is 12.1. The number of amides is 1. The third-order valence-corrected chi connectivity index (χ3v) is 5.27. The predicted molar refractivity (Wildman–Crippen MR) is 146 cm³/mol. The topological polar surface area (TPSA) is 103 Å². The molecule has 1 amide bonds. The van der Waals surface area contributed by atoms with Crippen molar-refractivity contribution in [2.75, 3.05) is 43.1 Å². The van der Waals surface area contributed by atoms with Crippen LogP contribution in [-0.4, -0.2) is 48.7 Å². The van der Waals surface area contributed by atoms with E-state index in [2.05, 4.69) is 37.6 Å². The number of carbonyl (C=O) groups excluding carboxylic acids is 1. The van der Waals surface area contributed by atoms with E-state index in [0.717, 1.165) is 43.2 Å². The SMILES string of the molecule is CC.CC.N#CCNC(=O)c1ccc(-c2nc(Nc3ccc(N4CCOCC4)cc3)ncc2Cl)cc1. The Kier molecular flexibility index (Phi) is 12.2. The summed E-state index contributed by atoms with van der Waals surface area (Å²) >= 11 is 6.33. The number of hydrogen-bond donors (Lipinski definition) is 2. The molecule has 36 heavy (non-hydrogen) atoms. The molecule has 0 aliphatic carbocycles. The minimum atomic E-state index is -0.310. The van der Waals surface area contributed by atoms with E-state index in [9.17, 15) is 4.79 Å². The Hall–Kier alpha value is -3.67. The summed E-state index contributed by atoms with van der Waals surface area (Å²) in [5, 5.41) is 14.7. The number of halogens is 1. The van der Waals surface area contributed by atoms with Crippen LogP contribution in [0.2, 0.25) is 5.02 Å². The lowest BCUT2D eigenvalue weighted by Crippen LogP contribution is -2.36. The van der Waals surface area contributed by atoms with Gasteiger partial charge in [-0.1, -0.05) is 51.4 Å². The molecule has 9 heteroatoms. The highest BCUT2D eigenvalue weighted by Crippen LogP contribution is 2.28. The third-order valence-electron chi connectivity index (χ3n) is 4.99. The number of nitriles is 1. The van der Waals surface area contributed by atoms with Crippen LogP contribution in [0.1, 0.15) is 38.1 Å². The molecule has 0 atom stereocenters. The van der Waals surface area contributed by atoms with Crippen molar-refractivity contribution in [1.29, 1.82) is 5.26 Å². The van der Waals surface area contributed by atoms with Gasteiger partial charge in [-0.3, -0.25) is 4.79 Å². The van der Waals surface area contributed by atoms with Crippen LogP contribution in [-0.2, 0) is 4.74 Å². The largest absolute Gasteiger partial charge is 0.378 e. The average molecular weight is 509 g/mol. The van der Waals surface area contributed by atoms with Crippen molar-refractivity contribution in [2.45, 2.75) is 27.7 Å². The Morgan fingerprint density at radius 1 is 1.06 bits per heavy atom. The molecule has 3 aromatic rings. The summed E-state index contributed by atoms with van der Waals surface area (Å²) in [6.45, 7) is 11.2. The molecule has 0 saturated carbocycles. The van der Waals surface area contributed by atoms with Gasteiger partial charge in [-0.2, -0.15) is 5.26 Å². The molecule has 2 aromatic carbocycles. The van der Waals surface area contributed by atoms with Crippen LogP contribution in [0.5, 0.6) is 0 Å². The van der Waals surface area contributed by atoms with E-state index in [-0.39, 0.29) is 12.5 Å². The molecule has 1 fully saturated rings. The highest BCUT2D eigenvalue weighted by Gasteiger charge is 2.12. The smallest absolute Gasteiger partial charge is 0.252 e. The molecule has 1 saturated heterocycles. The van der Waals surface area contributed by atoms with Gasteiger partial charge in [0.2, 0.25) is 5.95 Å². The highest BCUT2D eigenvalue weighted by molar-refractivity contribution is 6.32. The monoisotopic (exact) mass is 508 g/mol. The third kappa shape index (κ3) is 7.94. The average Bonchev–Trinajstić information content (AvgIpc) is 2.96. The summed E-state index contributed by atoms with van der Waals surface area (Å²) in [4.78, 5) is 23.1. The second-order valence-electron chi connectivity index (χ2n) is 7.08. The van der Waals surface area contributed by atoms with Crippen LogP contribution in [0, 0.1) is 11.3 Å². The molecular weight excluding hydrogens is 476 g/mol. The number of anilines is 3. The van der Waals surface area contributed by atoms with Gasteiger partial charge in [0.05, 0.1) is 36.2 Å². The van der Waals surface area contributed by atoms with Crippen LogP contribution < -0.4 is 15.5 Å². The van der Waals surface area contributed by atoms with E-state index in [1.807, 2.05) is 45.9 Å². The van der Waals surface area contributed by atoms with Gasteiger partial charge in [-0.15, -0.1) is 0 Å². The second kappa shape index (κ2) is 15.4. The Morgan fingerprint density at radius 3 is 2.31 bits per heavy atom. The Labute approximate surface area is 218 Å². The van der Waals surface area contributed by atoms with Gasteiger partial charge in [-0.05, 0) is 36.4 Å². The van der Waals surface area contributed by atoms with E-state index < -0.39 is 0 Å². The second-order valence-corrected chi connectivity index (χ2v) is 7.49. The van der Waals surface area contributed by atoms with Crippen molar-refractivity contribution < 1.29 is 9.53 Å². The number of nitrogens with zero attached hydrogens (tertiary/aromatic N) is 4. The fourth-order valence-electron chi connectivity index (χ4n) is 3.34. The van der Waals surface area contributed by atoms with E-state index in [4.69, 9.17) is 21.6 Å². The number of hydrogen-bond acceptors (Lipinski definition) is 7. The molecule has 0 unspecified atom stereocenters. The normalized spacial score (nSPS) is 12.2. The molecule has 4 rings (SSSR count). The Morgan fingerprint density at radius 2 is 1.69 bits per heavy atom. The van der Waals surface area contributed by atoms with Crippen molar-refractivity contribution in [3.05, 3.63) is 65.3 Å². The van der Waals surface area contributed by atoms with Crippen molar-refractivity contribution in [3.8, 4) is 17.3 Å². The fraction of sp³-hybridized carbons (Fsp3) is 0.333. The van der Waals surface area contributed by atoms with Crippen LogP contribution in [0.25, 0.3) is 11.3 Å². The lowest BCUT2D eigenvalue weighted by atomic mass is 10.1. The maximum absolute atomic E-state index is 12.0. The minimum absolute atomic E-state index is 0.0409. The first-order chi connectivity index (χ1) is 17.6. The van der Waals surface area contributed by atoms with E-state index >= 15 is 0 Å². The molecule has 1 aliphatic rings. The first kappa shape index (κ1) is 28.6. The molecule has 2 heterocycles. The quantitative estimate of drug-likeness (QED) is 0.412. The van der Waals surface area contributed by atoms with E-state index in [1.165, 1.54) is 0 Å². The van der Waals surface area contributed by atoms with Crippen molar-refractivity contribution >= 4 is 34.8 Å². The van der Waals surface area contributed by atoms with Gasteiger partial charge in [0.1, 0.15) is 6.54 Å². The standard InChI is InChI=1S/C23H21ClN6O2.2C2H6/c24-20-15-27-23(28-18-5-7-19(8-6-18)30-11-13-32-14-12-30)29-21(20)16-1-3-17(4-2-16)22(31)26-10-9-25;2*1-2/h1-8,15H,10-14H2,(H,26,31)(H,27,28,29);2*1-2H3. The van der Waals surface area contributed by atoms with Crippen molar-refractivity contribution in [1.82, 2.24) is 15.3 Å². The first-order valence-corrected chi connectivity index (χ1v) is 12.5. The van der Waals surface area contributed by atoms with Gasteiger partial charge in [0.15, 0.2) is 0 Å². The highest BCUT2D eigenvalue weighted by atomic mass is 35.5. The van der Waals surface area contributed by atoms with Gasteiger partial charge in [0.25, 0.3) is 5.91 Å². The van der Waals surface area contributed by atoms with Crippen LogP contribution in [0.15, 0.2) is 54.7 Å². The van der Waals surface area contributed by atoms with E-state index in [0.29, 0.717) is 22.2 Å². The van der Waals surface area contributed by atoms with Gasteiger partial charge < -0.3 is 20.3 Å². The number of rotatable bonds is 6. The summed E-state index contributed by atoms with van der Waals surface area (Å²) in [6.07, 6.45) is 1.54. The number of aromatic nitrogens is 2. The molecule has 8 nitrogen and oxygen atoms in total. The van der Waals surface area contributed by atoms with Gasteiger partial charge in [-0.25, -0.2) is 9.97 Å². The summed E-state index contributed by atoms with van der Waals surface area (Å²) in [6, 6.07) is 16.8. The van der Waals surface area contributed by atoms with Crippen LogP contribution in [0.4, 0.5) is 17.3 Å². The molecule has 1 aromatic heterocycles. The molecule has 0 radical (unpaired) electrons. The molecule has 0 spiro atoms. The zero-order chi connectivity index (χ0) is 26.3. The summed E-state index contributed by atoms with van der Waals surface area (Å²) < 4.78 is 5.40. The fourth-order valence-corrected chi connectivity index (χ4v) is 3.54. The lowest BCUT2D eigenvalue weighted by molar-refractivity contribution is 0.0958. The summed E-state index contributed by atoms with van der Waals surface area (Å²) in [5.41, 5.74) is 3.76. The van der Waals surface area contributed by atoms with Crippen LogP contribution in [0.3, 0.4) is 0 Å². The predicted octanol–water partition coefficient (Wildman–Crippen LogP) is 5.68. The molecule has 1 aliphatic heterocycles. The number of morpholine rings is 1. The van der Waals surface area contributed by atoms with Crippen molar-refractivity contribution in [3.63, 3.8) is 0 Å². The molecule has 0 bridgehead atoms. The maximum atomic E-state index is 12.0. The Bertz CT molecular complexity index is 1120. The van der Waals surface area contributed by atoms with Crippen LogP contribution >= 0.6 is 11.6 Å². The Balaban J connectivity index is 0.00000109.